The van der Waals surface area contributed by atoms with E-state index in [0.717, 1.165) is 17.7 Å². The minimum Gasteiger partial charge on any atom is -0.466 e. The summed E-state index contributed by atoms with van der Waals surface area (Å²) in [4.78, 5) is 13.0. The van der Waals surface area contributed by atoms with E-state index in [0.29, 0.717) is 32.3 Å². The maximum Gasteiger partial charge on any atom is 0.305 e. The second kappa shape index (κ2) is 12.8. The smallest absolute Gasteiger partial charge is 0.305 e. The average Bonchev–Trinajstić information content (AvgIpc) is 2.72. The molecule has 0 unspecified atom stereocenters. The Morgan fingerprint density at radius 2 is 1.73 bits per heavy atom. The lowest BCUT2D eigenvalue weighted by atomic mass is 10.1. The van der Waals surface area contributed by atoms with Crippen molar-refractivity contribution in [2.45, 2.75) is 61.8 Å². The van der Waals surface area contributed by atoms with Crippen LogP contribution in [0.2, 0.25) is 0 Å². The molecule has 2 aromatic rings. The van der Waals surface area contributed by atoms with Gasteiger partial charge in [0.1, 0.15) is 0 Å². The lowest BCUT2D eigenvalue weighted by molar-refractivity contribution is -0.143. The van der Waals surface area contributed by atoms with Crippen molar-refractivity contribution in [2.24, 2.45) is 0 Å². The van der Waals surface area contributed by atoms with E-state index in [-0.39, 0.29) is 16.9 Å². The van der Waals surface area contributed by atoms with Gasteiger partial charge in [0.25, 0.3) is 0 Å². The molecule has 1 N–H and O–H groups in total. The van der Waals surface area contributed by atoms with Crippen molar-refractivity contribution in [1.82, 2.24) is 4.72 Å². The molecule has 0 heterocycles. The van der Waals surface area contributed by atoms with Gasteiger partial charge in [-0.2, -0.15) is 0 Å². The van der Waals surface area contributed by atoms with Gasteiger partial charge in [-0.1, -0.05) is 42.3 Å². The summed E-state index contributed by atoms with van der Waals surface area (Å²) in [5.74, 6) is 0.608. The molecule has 0 bridgehead atoms. The van der Waals surface area contributed by atoms with Gasteiger partial charge < -0.3 is 4.74 Å². The van der Waals surface area contributed by atoms with Gasteiger partial charge in [0, 0.05) is 17.4 Å². The molecule has 2 rings (SSSR count). The van der Waals surface area contributed by atoms with Gasteiger partial charge in [0.15, 0.2) is 0 Å². The quantitative estimate of drug-likeness (QED) is 0.266. The zero-order valence-corrected chi connectivity index (χ0v) is 19.3. The van der Waals surface area contributed by atoms with Crippen LogP contribution in [0.5, 0.6) is 0 Å². The Kier molecular flexibility index (Phi) is 10.4. The number of hydrogen-bond acceptors (Lipinski definition) is 5. The first-order valence-electron chi connectivity index (χ1n) is 10.3. The van der Waals surface area contributed by atoms with Crippen LogP contribution in [-0.2, 0) is 19.6 Å². The molecule has 2 aromatic carbocycles. The Morgan fingerprint density at radius 3 is 2.40 bits per heavy atom. The Balaban J connectivity index is 1.94. The van der Waals surface area contributed by atoms with Crippen LogP contribution >= 0.6 is 11.8 Å². The van der Waals surface area contributed by atoms with Crippen molar-refractivity contribution in [3.8, 4) is 0 Å². The molecule has 0 saturated heterocycles. The molecule has 5 nitrogen and oxygen atoms in total. The third kappa shape index (κ3) is 8.90. The first-order valence-corrected chi connectivity index (χ1v) is 12.8. The Morgan fingerprint density at radius 1 is 1.03 bits per heavy atom. The van der Waals surface area contributed by atoms with E-state index in [2.05, 4.69) is 16.9 Å². The maximum atomic E-state index is 12.8. The van der Waals surface area contributed by atoms with E-state index in [1.807, 2.05) is 25.1 Å². The zero-order chi connectivity index (χ0) is 21.8. The van der Waals surface area contributed by atoms with Crippen molar-refractivity contribution in [2.75, 3.05) is 12.4 Å². The predicted molar refractivity (Wildman–Crippen MR) is 122 cm³/mol. The van der Waals surface area contributed by atoms with E-state index in [1.165, 1.54) is 4.90 Å². The molecule has 0 radical (unpaired) electrons. The number of hydrogen-bond donors (Lipinski definition) is 1. The van der Waals surface area contributed by atoms with Gasteiger partial charge in [-0.15, -0.1) is 11.8 Å². The van der Waals surface area contributed by atoms with Crippen LogP contribution in [0, 0.1) is 6.92 Å². The summed E-state index contributed by atoms with van der Waals surface area (Å²) in [5.41, 5.74) is 1.02. The molecular weight excluding hydrogens is 418 g/mol. The Hall–Kier alpha value is -1.83. The highest BCUT2D eigenvalue weighted by Gasteiger charge is 2.20. The molecular formula is C23H31NO4S2. The van der Waals surface area contributed by atoms with E-state index in [9.17, 15) is 13.2 Å². The molecule has 7 heteroatoms. The normalized spacial score (nSPS) is 12.5. The molecule has 0 aliphatic rings. The highest BCUT2D eigenvalue weighted by molar-refractivity contribution is 7.99. The second-order valence-electron chi connectivity index (χ2n) is 7.13. The number of thioether (sulfide) groups is 1. The van der Waals surface area contributed by atoms with Gasteiger partial charge >= 0.3 is 5.97 Å². The summed E-state index contributed by atoms with van der Waals surface area (Å²) in [6, 6.07) is 16.8. The molecule has 0 saturated carbocycles. The number of esters is 1. The lowest BCUT2D eigenvalue weighted by Gasteiger charge is -2.19. The highest BCUT2D eigenvalue weighted by Crippen LogP contribution is 2.21. The molecule has 0 aromatic heterocycles. The van der Waals surface area contributed by atoms with Crippen molar-refractivity contribution in [1.29, 1.82) is 0 Å². The van der Waals surface area contributed by atoms with E-state index in [1.54, 1.807) is 43.0 Å². The number of carbonyl (C=O) groups is 1. The first-order chi connectivity index (χ1) is 14.4. The number of rotatable bonds is 13. The predicted octanol–water partition coefficient (Wildman–Crippen LogP) is 4.95. The summed E-state index contributed by atoms with van der Waals surface area (Å²) in [5, 5.41) is 0. The van der Waals surface area contributed by atoms with Crippen LogP contribution in [0.25, 0.3) is 0 Å². The largest absolute Gasteiger partial charge is 0.466 e. The number of sulfonamides is 1. The van der Waals surface area contributed by atoms with Crippen LogP contribution in [0.4, 0.5) is 0 Å². The minimum absolute atomic E-state index is 0.185. The van der Waals surface area contributed by atoms with Crippen molar-refractivity contribution in [3.05, 3.63) is 60.2 Å². The van der Waals surface area contributed by atoms with Crippen LogP contribution in [0.15, 0.2) is 64.4 Å². The van der Waals surface area contributed by atoms with Gasteiger partial charge in [0.05, 0.1) is 11.5 Å². The van der Waals surface area contributed by atoms with Crippen LogP contribution in [0.1, 0.15) is 44.6 Å². The van der Waals surface area contributed by atoms with Gasteiger partial charge in [0.2, 0.25) is 10.0 Å². The van der Waals surface area contributed by atoms with E-state index < -0.39 is 10.0 Å². The molecule has 164 valence electrons. The molecule has 0 fully saturated rings. The molecule has 0 amide bonds. The van der Waals surface area contributed by atoms with Crippen molar-refractivity contribution >= 4 is 27.8 Å². The maximum absolute atomic E-state index is 12.8. The second-order valence-corrected chi connectivity index (χ2v) is 10.0. The monoisotopic (exact) mass is 449 g/mol. The molecule has 0 aliphatic heterocycles. The summed E-state index contributed by atoms with van der Waals surface area (Å²) >= 11 is 1.71. The number of aryl methyl sites for hydroxylation is 1. The fourth-order valence-corrected chi connectivity index (χ4v) is 5.29. The fourth-order valence-electron chi connectivity index (χ4n) is 3.00. The topological polar surface area (TPSA) is 72.5 Å². The van der Waals surface area contributed by atoms with Crippen molar-refractivity contribution in [3.63, 3.8) is 0 Å². The number of unbranched alkanes of at least 4 members (excludes halogenated alkanes) is 1. The molecule has 1 atom stereocenters. The average molecular weight is 450 g/mol. The summed E-state index contributed by atoms with van der Waals surface area (Å²) in [6.07, 6.45) is 3.21. The third-order valence-corrected chi connectivity index (χ3v) is 7.20. The summed E-state index contributed by atoms with van der Waals surface area (Å²) in [7, 11) is -3.58. The van der Waals surface area contributed by atoms with Crippen molar-refractivity contribution < 1.29 is 17.9 Å². The van der Waals surface area contributed by atoms with E-state index in [4.69, 9.17) is 4.74 Å². The van der Waals surface area contributed by atoms with Gasteiger partial charge in [-0.05, 0) is 63.1 Å². The highest BCUT2D eigenvalue weighted by atomic mass is 32.2. The summed E-state index contributed by atoms with van der Waals surface area (Å²) < 4.78 is 33.5. The van der Waals surface area contributed by atoms with Crippen LogP contribution in [-0.4, -0.2) is 32.8 Å². The number of nitrogens with one attached hydrogen (secondary N) is 1. The number of ether oxygens (including phenoxy) is 1. The minimum atomic E-state index is -3.58. The van der Waals surface area contributed by atoms with Crippen LogP contribution in [0.3, 0.4) is 0 Å². The molecule has 0 spiro atoms. The van der Waals surface area contributed by atoms with Gasteiger partial charge in [-0.3, -0.25) is 4.79 Å². The fraction of sp³-hybridized carbons (Fsp3) is 0.435. The third-order valence-electron chi connectivity index (χ3n) is 4.62. The zero-order valence-electron chi connectivity index (χ0n) is 17.7. The Bertz CT molecular complexity index is 868. The molecule has 30 heavy (non-hydrogen) atoms. The van der Waals surface area contributed by atoms with Crippen LogP contribution < -0.4 is 4.72 Å². The number of benzene rings is 2. The standard InChI is InChI=1S/C23H31NO4S2/c1-3-28-23(25)12-8-7-9-20(17-18-29-21-10-5-4-6-11-21)24-30(26,27)22-15-13-19(2)14-16-22/h4-6,10-11,13-16,20,24H,3,7-9,12,17-18H2,1-2H3/t20-/m1/s1. The SMILES string of the molecule is CCOC(=O)CCCC[C@H](CCSc1ccccc1)NS(=O)(=O)c1ccc(C)cc1. The lowest BCUT2D eigenvalue weighted by Crippen LogP contribution is -2.35. The number of carbonyl (C=O) groups excluding carboxylic acids is 1. The van der Waals surface area contributed by atoms with Gasteiger partial charge in [-0.25, -0.2) is 13.1 Å². The van der Waals surface area contributed by atoms with E-state index >= 15 is 0 Å². The molecule has 0 aliphatic carbocycles. The summed E-state index contributed by atoms with van der Waals surface area (Å²) in [6.45, 7) is 4.10. The Labute approximate surface area is 184 Å². The first kappa shape index (κ1) is 24.4.